The minimum atomic E-state index is -0.751. The number of nitrogens with one attached hydrogen (secondary N) is 2. The first-order chi connectivity index (χ1) is 8.54. The zero-order valence-corrected chi connectivity index (χ0v) is 11.4. The zero-order chi connectivity index (χ0) is 13.2. The molecule has 2 fully saturated rings. The van der Waals surface area contributed by atoms with Crippen molar-refractivity contribution in [2.75, 3.05) is 12.8 Å². The fourth-order valence-electron chi connectivity index (χ4n) is 2.41. The van der Waals surface area contributed by atoms with Crippen LogP contribution in [-0.2, 0) is 4.79 Å². The number of thioether (sulfide) groups is 1. The highest BCUT2D eigenvalue weighted by Gasteiger charge is 2.42. The minimum Gasteiger partial charge on any atom is -0.481 e. The maximum absolute atomic E-state index is 11.7. The van der Waals surface area contributed by atoms with Crippen LogP contribution in [0.3, 0.4) is 0 Å². The van der Waals surface area contributed by atoms with E-state index >= 15 is 0 Å². The van der Waals surface area contributed by atoms with E-state index in [-0.39, 0.29) is 22.7 Å². The van der Waals surface area contributed by atoms with Crippen LogP contribution in [-0.4, -0.2) is 40.7 Å². The van der Waals surface area contributed by atoms with Gasteiger partial charge in [-0.3, -0.25) is 4.79 Å². The Balaban J connectivity index is 1.67. The molecule has 2 aliphatic carbocycles. The Morgan fingerprint density at radius 2 is 2.11 bits per heavy atom. The molecular formula is C12H20N2O3S. The SMILES string of the molecule is CSC1(CNC(=O)NC2CCC(C(=O)O)C2)CC1. The number of aliphatic carboxylic acids is 1. The number of hydrogen-bond donors (Lipinski definition) is 3. The molecule has 0 aromatic carbocycles. The van der Waals surface area contributed by atoms with Crippen molar-refractivity contribution in [2.24, 2.45) is 5.92 Å². The van der Waals surface area contributed by atoms with Crippen molar-refractivity contribution in [3.8, 4) is 0 Å². The number of carbonyl (C=O) groups excluding carboxylic acids is 1. The summed E-state index contributed by atoms with van der Waals surface area (Å²) in [5, 5.41) is 14.6. The predicted molar refractivity (Wildman–Crippen MR) is 70.8 cm³/mol. The Morgan fingerprint density at radius 1 is 1.39 bits per heavy atom. The van der Waals surface area contributed by atoms with E-state index in [0.29, 0.717) is 19.4 Å². The van der Waals surface area contributed by atoms with Gasteiger partial charge in [-0.25, -0.2) is 4.79 Å². The minimum absolute atomic E-state index is 0.00975. The van der Waals surface area contributed by atoms with Crippen LogP contribution in [0.15, 0.2) is 0 Å². The first-order valence-electron chi connectivity index (χ1n) is 6.37. The Kier molecular flexibility index (Phi) is 4.04. The number of carboxylic acid groups (broad SMARTS) is 1. The van der Waals surface area contributed by atoms with E-state index in [9.17, 15) is 9.59 Å². The molecule has 2 aliphatic rings. The van der Waals surface area contributed by atoms with E-state index in [4.69, 9.17) is 5.11 Å². The van der Waals surface area contributed by atoms with Crippen LogP contribution < -0.4 is 10.6 Å². The van der Waals surface area contributed by atoms with Crippen molar-refractivity contribution in [1.29, 1.82) is 0 Å². The van der Waals surface area contributed by atoms with Crippen molar-refractivity contribution < 1.29 is 14.7 Å². The fourth-order valence-corrected chi connectivity index (χ4v) is 3.13. The van der Waals surface area contributed by atoms with Crippen molar-refractivity contribution in [3.05, 3.63) is 0 Å². The molecule has 2 saturated carbocycles. The molecule has 0 radical (unpaired) electrons. The summed E-state index contributed by atoms with van der Waals surface area (Å²) < 4.78 is 0.261. The molecule has 5 nitrogen and oxygen atoms in total. The van der Waals surface area contributed by atoms with Crippen LogP contribution in [0.4, 0.5) is 4.79 Å². The lowest BCUT2D eigenvalue weighted by Gasteiger charge is -2.16. The van der Waals surface area contributed by atoms with Gasteiger partial charge in [0.2, 0.25) is 0 Å². The van der Waals surface area contributed by atoms with Gasteiger partial charge in [0.05, 0.1) is 5.92 Å². The lowest BCUT2D eigenvalue weighted by atomic mass is 10.1. The van der Waals surface area contributed by atoms with Crippen molar-refractivity contribution >= 4 is 23.8 Å². The van der Waals surface area contributed by atoms with Gasteiger partial charge < -0.3 is 15.7 Å². The molecule has 18 heavy (non-hydrogen) atoms. The number of carbonyl (C=O) groups is 2. The monoisotopic (exact) mass is 272 g/mol. The van der Waals surface area contributed by atoms with E-state index < -0.39 is 5.97 Å². The van der Waals surface area contributed by atoms with E-state index in [1.165, 1.54) is 12.8 Å². The average Bonchev–Trinajstić information content (AvgIpc) is 2.98. The first-order valence-corrected chi connectivity index (χ1v) is 7.59. The normalized spacial score (nSPS) is 28.7. The lowest BCUT2D eigenvalue weighted by molar-refractivity contribution is -0.141. The first kappa shape index (κ1) is 13.5. The molecular weight excluding hydrogens is 252 g/mol. The summed E-state index contributed by atoms with van der Waals surface area (Å²) in [4.78, 5) is 22.5. The molecule has 0 spiro atoms. The fraction of sp³-hybridized carbons (Fsp3) is 0.833. The molecule has 102 valence electrons. The van der Waals surface area contributed by atoms with Crippen LogP contribution >= 0.6 is 11.8 Å². The summed E-state index contributed by atoms with van der Waals surface area (Å²) in [6.45, 7) is 0.703. The molecule has 2 rings (SSSR count). The van der Waals surface area contributed by atoms with Gasteiger partial charge in [-0.15, -0.1) is 0 Å². The summed E-state index contributed by atoms with van der Waals surface area (Å²) in [7, 11) is 0. The number of carboxylic acids is 1. The molecule has 2 atom stereocenters. The number of urea groups is 1. The van der Waals surface area contributed by atoms with Gasteiger partial charge in [-0.05, 0) is 38.4 Å². The Hall–Kier alpha value is -0.910. The summed E-state index contributed by atoms with van der Waals surface area (Å²) in [5.74, 6) is -1.05. The summed E-state index contributed by atoms with van der Waals surface area (Å²) >= 11 is 1.81. The molecule has 0 bridgehead atoms. The van der Waals surface area contributed by atoms with E-state index in [1.54, 1.807) is 0 Å². The zero-order valence-electron chi connectivity index (χ0n) is 10.6. The van der Waals surface area contributed by atoms with Gasteiger partial charge in [0.1, 0.15) is 0 Å². The molecule has 6 heteroatoms. The molecule has 3 N–H and O–H groups in total. The summed E-state index contributed by atoms with van der Waals surface area (Å²) in [5.41, 5.74) is 0. The molecule has 2 unspecified atom stereocenters. The van der Waals surface area contributed by atoms with Gasteiger partial charge in [0, 0.05) is 17.3 Å². The number of hydrogen-bond acceptors (Lipinski definition) is 3. The van der Waals surface area contributed by atoms with Crippen LogP contribution in [0.1, 0.15) is 32.1 Å². The van der Waals surface area contributed by atoms with Crippen LogP contribution in [0.25, 0.3) is 0 Å². The second-order valence-electron chi connectivity index (χ2n) is 5.26. The molecule has 0 saturated heterocycles. The lowest BCUT2D eigenvalue weighted by Crippen LogP contribution is -2.43. The van der Waals surface area contributed by atoms with Crippen LogP contribution in [0.2, 0.25) is 0 Å². The third kappa shape index (κ3) is 3.31. The van der Waals surface area contributed by atoms with Gasteiger partial charge in [-0.1, -0.05) is 0 Å². The van der Waals surface area contributed by atoms with Gasteiger partial charge >= 0.3 is 12.0 Å². The maximum Gasteiger partial charge on any atom is 0.315 e. The van der Waals surface area contributed by atoms with Crippen molar-refractivity contribution in [3.63, 3.8) is 0 Å². The van der Waals surface area contributed by atoms with Gasteiger partial charge in [0.25, 0.3) is 0 Å². The quantitative estimate of drug-likeness (QED) is 0.707. The second kappa shape index (κ2) is 5.38. The third-order valence-corrected chi connectivity index (χ3v) is 5.35. The molecule has 0 aromatic rings. The smallest absolute Gasteiger partial charge is 0.315 e. The second-order valence-corrected chi connectivity index (χ2v) is 6.53. The highest BCUT2D eigenvalue weighted by molar-refractivity contribution is 8.00. The largest absolute Gasteiger partial charge is 0.481 e. The van der Waals surface area contributed by atoms with Gasteiger partial charge in [-0.2, -0.15) is 11.8 Å². The third-order valence-electron chi connectivity index (χ3n) is 3.93. The van der Waals surface area contributed by atoms with Crippen LogP contribution in [0, 0.1) is 5.92 Å². The molecule has 0 heterocycles. The Labute approximate surface area is 111 Å². The topological polar surface area (TPSA) is 78.4 Å². The average molecular weight is 272 g/mol. The molecule has 0 aromatic heterocycles. The predicted octanol–water partition coefficient (Wildman–Crippen LogP) is 1.43. The molecule has 2 amide bonds. The summed E-state index contributed by atoms with van der Waals surface area (Å²) in [6, 6.07) is -0.151. The Morgan fingerprint density at radius 3 is 2.61 bits per heavy atom. The number of amides is 2. The van der Waals surface area contributed by atoms with Crippen LogP contribution in [0.5, 0.6) is 0 Å². The van der Waals surface area contributed by atoms with Gasteiger partial charge in [0.15, 0.2) is 0 Å². The van der Waals surface area contributed by atoms with Crippen molar-refractivity contribution in [2.45, 2.75) is 42.9 Å². The van der Waals surface area contributed by atoms with E-state index in [0.717, 1.165) is 6.42 Å². The highest BCUT2D eigenvalue weighted by Crippen LogP contribution is 2.46. The van der Waals surface area contributed by atoms with E-state index in [2.05, 4.69) is 16.9 Å². The van der Waals surface area contributed by atoms with Crippen molar-refractivity contribution in [1.82, 2.24) is 10.6 Å². The maximum atomic E-state index is 11.7. The molecule has 0 aliphatic heterocycles. The Bertz CT molecular complexity index is 344. The standard InChI is InChI=1S/C12H20N2O3S/c1-18-12(4-5-12)7-13-11(17)14-9-3-2-8(6-9)10(15)16/h8-9H,2-7H2,1H3,(H,15,16)(H2,13,14,17). The summed E-state index contributed by atoms with van der Waals surface area (Å²) in [6.07, 6.45) is 6.38. The van der Waals surface area contributed by atoms with E-state index in [1.807, 2.05) is 11.8 Å². The highest BCUT2D eigenvalue weighted by atomic mass is 32.2. The number of rotatable bonds is 5.